The first-order chi connectivity index (χ1) is 10.1. The van der Waals surface area contributed by atoms with E-state index in [-0.39, 0.29) is 5.76 Å². The van der Waals surface area contributed by atoms with Crippen LogP contribution in [0.5, 0.6) is 0 Å². The number of hydrazine groups is 1. The van der Waals surface area contributed by atoms with Crippen LogP contribution in [0.2, 0.25) is 0 Å². The summed E-state index contributed by atoms with van der Waals surface area (Å²) in [5.41, 5.74) is 4.40. The highest BCUT2D eigenvalue weighted by Gasteiger charge is 2.14. The molecule has 1 amide bonds. The maximum absolute atomic E-state index is 11.4. The number of hydrogen-bond acceptors (Lipinski definition) is 4. The maximum atomic E-state index is 11.4. The van der Waals surface area contributed by atoms with Gasteiger partial charge in [0.05, 0.1) is 0 Å². The van der Waals surface area contributed by atoms with E-state index in [9.17, 15) is 4.79 Å². The summed E-state index contributed by atoms with van der Waals surface area (Å²) in [6, 6.07) is 12.1. The number of aryl methyl sites for hydroxylation is 1. The van der Waals surface area contributed by atoms with Crippen LogP contribution in [0.4, 0.5) is 0 Å². The van der Waals surface area contributed by atoms with E-state index in [2.05, 4.69) is 29.5 Å². The summed E-state index contributed by atoms with van der Waals surface area (Å²) < 4.78 is 5.41. The SMILES string of the molecule is Cc1oc(C(=O)NN)cc1CN(C)CCc1ccccc1. The zero-order valence-corrected chi connectivity index (χ0v) is 12.4. The maximum Gasteiger partial charge on any atom is 0.300 e. The molecule has 1 aromatic heterocycles. The van der Waals surface area contributed by atoms with E-state index in [0.717, 1.165) is 30.8 Å². The van der Waals surface area contributed by atoms with Gasteiger partial charge in [-0.15, -0.1) is 0 Å². The first-order valence-electron chi connectivity index (χ1n) is 6.93. The molecule has 112 valence electrons. The standard InChI is InChI=1S/C16H21N3O2/c1-12-14(10-15(21-12)16(20)18-17)11-19(2)9-8-13-6-4-3-5-7-13/h3-7,10H,8-9,11,17H2,1-2H3,(H,18,20). The second kappa shape index (κ2) is 7.06. The van der Waals surface area contributed by atoms with Crippen molar-refractivity contribution >= 4 is 5.91 Å². The van der Waals surface area contributed by atoms with Crippen LogP contribution in [-0.2, 0) is 13.0 Å². The van der Waals surface area contributed by atoms with E-state index in [1.54, 1.807) is 6.07 Å². The van der Waals surface area contributed by atoms with Crippen LogP contribution in [0.15, 0.2) is 40.8 Å². The molecule has 0 radical (unpaired) electrons. The minimum atomic E-state index is -0.406. The van der Waals surface area contributed by atoms with Gasteiger partial charge in [0, 0.05) is 18.7 Å². The third kappa shape index (κ3) is 4.18. The van der Waals surface area contributed by atoms with E-state index in [0.29, 0.717) is 0 Å². The van der Waals surface area contributed by atoms with E-state index >= 15 is 0 Å². The van der Waals surface area contributed by atoms with Crippen molar-refractivity contribution in [2.75, 3.05) is 13.6 Å². The molecule has 0 atom stereocenters. The molecule has 5 heteroatoms. The molecular formula is C16H21N3O2. The molecule has 0 saturated carbocycles. The third-order valence-corrected chi connectivity index (χ3v) is 3.44. The van der Waals surface area contributed by atoms with Gasteiger partial charge in [-0.25, -0.2) is 5.84 Å². The summed E-state index contributed by atoms with van der Waals surface area (Å²) in [4.78, 5) is 13.6. The van der Waals surface area contributed by atoms with Crippen molar-refractivity contribution < 1.29 is 9.21 Å². The number of nitrogens with zero attached hydrogens (tertiary/aromatic N) is 1. The van der Waals surface area contributed by atoms with Crippen LogP contribution in [0.1, 0.15) is 27.4 Å². The van der Waals surface area contributed by atoms with Gasteiger partial charge in [-0.1, -0.05) is 30.3 Å². The predicted octanol–water partition coefficient (Wildman–Crippen LogP) is 1.87. The van der Waals surface area contributed by atoms with Crippen LogP contribution >= 0.6 is 0 Å². The molecule has 2 rings (SSSR count). The van der Waals surface area contributed by atoms with E-state index in [1.165, 1.54) is 5.56 Å². The number of carbonyl (C=O) groups is 1. The van der Waals surface area contributed by atoms with Crippen LogP contribution in [0, 0.1) is 6.92 Å². The Balaban J connectivity index is 1.92. The van der Waals surface area contributed by atoms with Gasteiger partial charge in [0.2, 0.25) is 0 Å². The highest BCUT2D eigenvalue weighted by Crippen LogP contribution is 2.16. The smallest absolute Gasteiger partial charge is 0.300 e. The third-order valence-electron chi connectivity index (χ3n) is 3.44. The molecule has 0 bridgehead atoms. The van der Waals surface area contributed by atoms with Gasteiger partial charge in [0.1, 0.15) is 5.76 Å². The molecule has 1 heterocycles. The molecule has 0 saturated heterocycles. The number of likely N-dealkylation sites (N-methyl/N-ethyl adjacent to an activating group) is 1. The van der Waals surface area contributed by atoms with Crippen molar-refractivity contribution in [3.8, 4) is 0 Å². The predicted molar refractivity (Wildman–Crippen MR) is 81.6 cm³/mol. The van der Waals surface area contributed by atoms with Gasteiger partial charge >= 0.3 is 5.91 Å². The molecule has 0 spiro atoms. The molecule has 0 aliphatic carbocycles. The fourth-order valence-corrected chi connectivity index (χ4v) is 2.19. The topological polar surface area (TPSA) is 71.5 Å². The first kappa shape index (κ1) is 15.3. The molecule has 0 fully saturated rings. The Morgan fingerprint density at radius 2 is 2.05 bits per heavy atom. The second-order valence-corrected chi connectivity index (χ2v) is 5.14. The first-order valence-corrected chi connectivity index (χ1v) is 6.93. The number of rotatable bonds is 6. The molecular weight excluding hydrogens is 266 g/mol. The van der Waals surface area contributed by atoms with Crippen LogP contribution in [-0.4, -0.2) is 24.4 Å². The van der Waals surface area contributed by atoms with Gasteiger partial charge < -0.3 is 9.32 Å². The minimum Gasteiger partial charge on any atom is -0.456 e. The lowest BCUT2D eigenvalue weighted by Crippen LogP contribution is -2.29. The monoisotopic (exact) mass is 287 g/mol. The van der Waals surface area contributed by atoms with Gasteiger partial charge in [-0.05, 0) is 32.0 Å². The normalized spacial score (nSPS) is 10.9. The lowest BCUT2D eigenvalue weighted by atomic mass is 10.1. The number of nitrogen functional groups attached to an aromatic ring is 1. The summed E-state index contributed by atoms with van der Waals surface area (Å²) in [5, 5.41) is 0. The lowest BCUT2D eigenvalue weighted by molar-refractivity contribution is 0.0924. The van der Waals surface area contributed by atoms with Crippen LogP contribution in [0.3, 0.4) is 0 Å². The van der Waals surface area contributed by atoms with Crippen molar-refractivity contribution in [1.82, 2.24) is 10.3 Å². The Morgan fingerprint density at radius 1 is 1.33 bits per heavy atom. The van der Waals surface area contributed by atoms with Crippen molar-refractivity contribution in [1.29, 1.82) is 0 Å². The Bertz CT molecular complexity index is 593. The molecule has 0 aliphatic heterocycles. The van der Waals surface area contributed by atoms with Crippen LogP contribution < -0.4 is 11.3 Å². The largest absolute Gasteiger partial charge is 0.456 e. The van der Waals surface area contributed by atoms with Crippen molar-refractivity contribution in [2.24, 2.45) is 5.84 Å². The number of benzene rings is 1. The average Bonchev–Trinajstić information content (AvgIpc) is 2.86. The van der Waals surface area contributed by atoms with Crippen molar-refractivity contribution in [3.63, 3.8) is 0 Å². The molecule has 0 unspecified atom stereocenters. The molecule has 1 aromatic carbocycles. The molecule has 3 N–H and O–H groups in total. The number of hydrogen-bond donors (Lipinski definition) is 2. The number of furan rings is 1. The molecule has 2 aromatic rings. The Labute approximate surface area is 124 Å². The van der Waals surface area contributed by atoms with Crippen molar-refractivity contribution in [3.05, 3.63) is 59.0 Å². The summed E-state index contributed by atoms with van der Waals surface area (Å²) in [7, 11) is 2.05. The highest BCUT2D eigenvalue weighted by molar-refractivity contribution is 5.91. The zero-order chi connectivity index (χ0) is 15.2. The molecule has 21 heavy (non-hydrogen) atoms. The summed E-state index contributed by atoms with van der Waals surface area (Å²) in [6.07, 6.45) is 0.990. The molecule has 0 aliphatic rings. The van der Waals surface area contributed by atoms with E-state index < -0.39 is 5.91 Å². The average molecular weight is 287 g/mol. The second-order valence-electron chi connectivity index (χ2n) is 5.14. The van der Waals surface area contributed by atoms with E-state index in [4.69, 9.17) is 10.3 Å². The number of carbonyl (C=O) groups excluding carboxylic acids is 1. The Morgan fingerprint density at radius 3 is 2.71 bits per heavy atom. The van der Waals surface area contributed by atoms with Gasteiger partial charge in [-0.3, -0.25) is 10.2 Å². The fraction of sp³-hybridized carbons (Fsp3) is 0.312. The summed E-state index contributed by atoms with van der Waals surface area (Å²) in [5.74, 6) is 5.70. The number of nitrogens with one attached hydrogen (secondary N) is 1. The lowest BCUT2D eigenvalue weighted by Gasteiger charge is -2.16. The highest BCUT2D eigenvalue weighted by atomic mass is 16.4. The minimum absolute atomic E-state index is 0.251. The van der Waals surface area contributed by atoms with Gasteiger partial charge in [0.15, 0.2) is 5.76 Å². The van der Waals surface area contributed by atoms with E-state index in [1.807, 2.05) is 25.1 Å². The van der Waals surface area contributed by atoms with Gasteiger partial charge in [0.25, 0.3) is 0 Å². The number of amides is 1. The zero-order valence-electron chi connectivity index (χ0n) is 12.4. The molecule has 5 nitrogen and oxygen atoms in total. The Kier molecular flexibility index (Phi) is 5.14. The number of nitrogens with two attached hydrogens (primary N) is 1. The quantitative estimate of drug-likeness (QED) is 0.483. The summed E-state index contributed by atoms with van der Waals surface area (Å²) in [6.45, 7) is 3.53. The van der Waals surface area contributed by atoms with Crippen LogP contribution in [0.25, 0.3) is 0 Å². The Hall–Kier alpha value is -2.11. The summed E-state index contributed by atoms with van der Waals surface area (Å²) >= 11 is 0. The van der Waals surface area contributed by atoms with Crippen molar-refractivity contribution in [2.45, 2.75) is 19.9 Å². The fourth-order valence-electron chi connectivity index (χ4n) is 2.19. The van der Waals surface area contributed by atoms with Gasteiger partial charge in [-0.2, -0.15) is 0 Å².